The largest absolute Gasteiger partial charge is 0.452 e. The second-order valence-corrected chi connectivity index (χ2v) is 7.46. The van der Waals surface area contributed by atoms with Gasteiger partial charge in [-0.2, -0.15) is 10.1 Å². The Hall–Kier alpha value is -3.23. The van der Waals surface area contributed by atoms with Crippen molar-refractivity contribution in [3.05, 3.63) is 41.7 Å². The minimum atomic E-state index is -0.665. The molecule has 3 aromatic rings. The number of aromatic nitrogens is 4. The van der Waals surface area contributed by atoms with Crippen molar-refractivity contribution < 1.29 is 18.8 Å². The predicted molar refractivity (Wildman–Crippen MR) is 101 cm³/mol. The molecular formula is C19H23N5O4. The topological polar surface area (TPSA) is 123 Å². The number of carbonyl (C=O) groups is 2. The molecule has 1 atom stereocenters. The number of benzene rings is 1. The number of H-pyrrole nitrogens is 1. The highest BCUT2D eigenvalue weighted by molar-refractivity contribution is 6.04. The third-order valence-corrected chi connectivity index (χ3v) is 4.07. The fourth-order valence-electron chi connectivity index (χ4n) is 2.51. The first-order valence-electron chi connectivity index (χ1n) is 9.00. The van der Waals surface area contributed by atoms with E-state index in [0.29, 0.717) is 5.82 Å². The quantitative estimate of drug-likeness (QED) is 0.625. The number of amides is 1. The number of esters is 1. The predicted octanol–water partition coefficient (Wildman–Crippen LogP) is 2.67. The summed E-state index contributed by atoms with van der Waals surface area (Å²) in [6.45, 7) is 7.67. The Morgan fingerprint density at radius 3 is 2.75 bits per heavy atom. The molecule has 2 heterocycles. The molecule has 9 heteroatoms. The molecule has 0 spiro atoms. The molecule has 0 aliphatic heterocycles. The van der Waals surface area contributed by atoms with Crippen molar-refractivity contribution in [1.82, 2.24) is 25.7 Å². The fourth-order valence-corrected chi connectivity index (χ4v) is 2.51. The van der Waals surface area contributed by atoms with Gasteiger partial charge in [0.25, 0.3) is 11.8 Å². The first-order chi connectivity index (χ1) is 13.3. The summed E-state index contributed by atoms with van der Waals surface area (Å²) in [6, 6.07) is 7.32. The zero-order chi connectivity index (χ0) is 20.3. The van der Waals surface area contributed by atoms with Crippen LogP contribution in [0.4, 0.5) is 0 Å². The average Bonchev–Trinajstić information content (AvgIpc) is 3.28. The van der Waals surface area contributed by atoms with Crippen LogP contribution in [0.15, 0.2) is 28.8 Å². The van der Waals surface area contributed by atoms with E-state index >= 15 is 0 Å². The Kier molecular flexibility index (Phi) is 5.43. The van der Waals surface area contributed by atoms with Crippen molar-refractivity contribution in [2.45, 2.75) is 45.6 Å². The number of hydrogen-bond donors (Lipinski definition) is 2. The smallest absolute Gasteiger partial charge is 0.308 e. The molecular weight excluding hydrogens is 362 g/mol. The summed E-state index contributed by atoms with van der Waals surface area (Å²) >= 11 is 0. The molecule has 9 nitrogen and oxygen atoms in total. The molecule has 1 aromatic carbocycles. The van der Waals surface area contributed by atoms with Gasteiger partial charge >= 0.3 is 5.97 Å². The van der Waals surface area contributed by atoms with E-state index in [0.717, 1.165) is 10.9 Å². The van der Waals surface area contributed by atoms with Crippen molar-refractivity contribution in [3.8, 4) is 0 Å². The van der Waals surface area contributed by atoms with E-state index in [-0.39, 0.29) is 35.9 Å². The van der Waals surface area contributed by atoms with Crippen molar-refractivity contribution in [2.75, 3.05) is 6.54 Å². The lowest BCUT2D eigenvalue weighted by Gasteiger charge is -2.11. The first kappa shape index (κ1) is 19.5. The van der Waals surface area contributed by atoms with Gasteiger partial charge in [0.05, 0.1) is 11.9 Å². The Bertz CT molecular complexity index is 986. The van der Waals surface area contributed by atoms with E-state index in [4.69, 9.17) is 9.26 Å². The number of ether oxygens (including phenoxy) is 1. The van der Waals surface area contributed by atoms with Crippen LogP contribution >= 0.6 is 0 Å². The van der Waals surface area contributed by atoms with Crippen LogP contribution in [0.3, 0.4) is 0 Å². The second kappa shape index (κ2) is 7.79. The number of carbonyl (C=O) groups excluding carboxylic acids is 2. The molecule has 148 valence electrons. The molecule has 28 heavy (non-hydrogen) atoms. The Balaban J connectivity index is 1.49. The van der Waals surface area contributed by atoms with Gasteiger partial charge in [0, 0.05) is 17.3 Å². The number of fused-ring (bicyclic) bond motifs is 1. The average molecular weight is 385 g/mol. The van der Waals surface area contributed by atoms with Gasteiger partial charge in [-0.25, -0.2) is 0 Å². The van der Waals surface area contributed by atoms with Crippen LogP contribution < -0.4 is 5.32 Å². The maximum atomic E-state index is 12.3. The van der Waals surface area contributed by atoms with Crippen LogP contribution in [-0.2, 0) is 14.9 Å². The van der Waals surface area contributed by atoms with Gasteiger partial charge in [0.1, 0.15) is 0 Å². The van der Waals surface area contributed by atoms with E-state index in [9.17, 15) is 9.59 Å². The number of nitrogens with zero attached hydrogens (tertiary/aromatic N) is 3. The van der Waals surface area contributed by atoms with Gasteiger partial charge < -0.3 is 14.6 Å². The summed E-state index contributed by atoms with van der Waals surface area (Å²) in [7, 11) is 0. The van der Waals surface area contributed by atoms with Gasteiger partial charge in [0.15, 0.2) is 17.6 Å². The van der Waals surface area contributed by atoms with Crippen LogP contribution in [0.2, 0.25) is 0 Å². The Morgan fingerprint density at radius 1 is 1.29 bits per heavy atom. The maximum absolute atomic E-state index is 12.3. The molecule has 0 aliphatic rings. The fraction of sp³-hybridized carbons (Fsp3) is 0.421. The van der Waals surface area contributed by atoms with Crippen LogP contribution in [0, 0.1) is 0 Å². The first-order valence-corrected chi connectivity index (χ1v) is 9.00. The van der Waals surface area contributed by atoms with Crippen molar-refractivity contribution in [2.24, 2.45) is 0 Å². The SMILES string of the molecule is CC(OC(=O)CCNC(=O)c1n[nH]c2ccccc12)c1nc(C(C)(C)C)no1. The highest BCUT2D eigenvalue weighted by Gasteiger charge is 2.24. The van der Waals surface area contributed by atoms with E-state index in [2.05, 4.69) is 25.7 Å². The number of nitrogens with one attached hydrogen (secondary N) is 2. The summed E-state index contributed by atoms with van der Waals surface area (Å²) in [5.41, 5.74) is 0.805. The third-order valence-electron chi connectivity index (χ3n) is 4.07. The summed E-state index contributed by atoms with van der Waals surface area (Å²) in [5, 5.41) is 14.1. The summed E-state index contributed by atoms with van der Waals surface area (Å²) in [5.74, 6) is -0.0468. The van der Waals surface area contributed by atoms with Crippen molar-refractivity contribution >= 4 is 22.8 Å². The summed E-state index contributed by atoms with van der Waals surface area (Å²) in [4.78, 5) is 28.6. The number of hydrogen-bond acceptors (Lipinski definition) is 7. The van der Waals surface area contributed by atoms with E-state index in [1.165, 1.54) is 0 Å². The molecule has 0 fully saturated rings. The third kappa shape index (κ3) is 4.36. The Labute approximate surface area is 161 Å². The van der Waals surface area contributed by atoms with E-state index in [1.807, 2.05) is 39.0 Å². The molecule has 0 bridgehead atoms. The van der Waals surface area contributed by atoms with Crippen LogP contribution in [0.1, 0.15) is 62.4 Å². The second-order valence-electron chi connectivity index (χ2n) is 7.46. The number of rotatable bonds is 6. The van der Waals surface area contributed by atoms with Gasteiger partial charge in [-0.15, -0.1) is 0 Å². The molecule has 0 aliphatic carbocycles. The molecule has 0 radical (unpaired) electrons. The molecule has 2 N–H and O–H groups in total. The van der Waals surface area contributed by atoms with E-state index < -0.39 is 12.1 Å². The molecule has 1 unspecified atom stereocenters. The number of aromatic amines is 1. The molecule has 0 saturated carbocycles. The van der Waals surface area contributed by atoms with Gasteiger partial charge in [-0.1, -0.05) is 44.1 Å². The Morgan fingerprint density at radius 2 is 2.04 bits per heavy atom. The van der Waals surface area contributed by atoms with Gasteiger partial charge in [0.2, 0.25) is 0 Å². The molecule has 1 amide bonds. The maximum Gasteiger partial charge on any atom is 0.308 e. The van der Waals surface area contributed by atoms with E-state index in [1.54, 1.807) is 13.0 Å². The summed E-state index contributed by atoms with van der Waals surface area (Å²) in [6.07, 6.45) is -0.652. The lowest BCUT2D eigenvalue weighted by atomic mass is 9.96. The normalized spacial score (nSPS) is 12.7. The minimum absolute atomic E-state index is 0.0126. The zero-order valence-corrected chi connectivity index (χ0v) is 16.3. The highest BCUT2D eigenvalue weighted by atomic mass is 16.6. The lowest BCUT2D eigenvalue weighted by Crippen LogP contribution is -2.27. The highest BCUT2D eigenvalue weighted by Crippen LogP contribution is 2.22. The zero-order valence-electron chi connectivity index (χ0n) is 16.3. The molecule has 3 rings (SSSR count). The molecule has 0 saturated heterocycles. The van der Waals surface area contributed by atoms with Crippen LogP contribution in [-0.4, -0.2) is 38.8 Å². The van der Waals surface area contributed by atoms with Crippen LogP contribution in [0.25, 0.3) is 10.9 Å². The summed E-state index contributed by atoms with van der Waals surface area (Å²) < 4.78 is 10.5. The van der Waals surface area contributed by atoms with Gasteiger partial charge in [-0.3, -0.25) is 14.7 Å². The monoisotopic (exact) mass is 385 g/mol. The van der Waals surface area contributed by atoms with Crippen molar-refractivity contribution in [1.29, 1.82) is 0 Å². The minimum Gasteiger partial charge on any atom is -0.452 e. The standard InChI is InChI=1S/C19H23N5O4/c1-11(17-21-18(24-28-17)19(2,3)4)27-14(25)9-10-20-16(26)15-12-7-5-6-8-13(12)22-23-15/h5-8,11H,9-10H2,1-4H3,(H,20,26)(H,22,23). The van der Waals surface area contributed by atoms with Crippen molar-refractivity contribution in [3.63, 3.8) is 0 Å². The molecule has 2 aromatic heterocycles. The van der Waals surface area contributed by atoms with Crippen LogP contribution in [0.5, 0.6) is 0 Å². The number of para-hydroxylation sites is 1. The van der Waals surface area contributed by atoms with Gasteiger partial charge in [-0.05, 0) is 13.0 Å². The lowest BCUT2D eigenvalue weighted by molar-refractivity contribution is -0.149.